The van der Waals surface area contributed by atoms with Gasteiger partial charge in [-0.15, -0.1) is 0 Å². The Hall–Kier alpha value is -4.01. The summed E-state index contributed by atoms with van der Waals surface area (Å²) in [7, 11) is 0. The zero-order valence-corrected chi connectivity index (χ0v) is 22.1. The van der Waals surface area contributed by atoms with Crippen molar-refractivity contribution in [1.82, 2.24) is 5.32 Å². The van der Waals surface area contributed by atoms with Crippen LogP contribution in [0.25, 0.3) is 11.1 Å². The molecule has 10 heteroatoms. The molecule has 0 aliphatic carbocycles. The third kappa shape index (κ3) is 6.35. The van der Waals surface area contributed by atoms with Crippen LogP contribution in [-0.4, -0.2) is 11.9 Å². The highest BCUT2D eigenvalue weighted by atomic mass is 35.5. The quantitative estimate of drug-likeness (QED) is 0.250. The number of hydrogen-bond donors (Lipinski definition) is 2. The highest BCUT2D eigenvalue weighted by Crippen LogP contribution is 2.42. The van der Waals surface area contributed by atoms with E-state index in [1.807, 2.05) is 35.6 Å². The summed E-state index contributed by atoms with van der Waals surface area (Å²) in [5, 5.41) is 5.14. The van der Waals surface area contributed by atoms with Crippen molar-refractivity contribution >= 4 is 40.8 Å². The number of hydrogen-bond acceptors (Lipinski definition) is 3. The van der Waals surface area contributed by atoms with E-state index in [-0.39, 0.29) is 10.7 Å². The first kappa shape index (κ1) is 28.0. The van der Waals surface area contributed by atoms with E-state index < -0.39 is 29.2 Å². The van der Waals surface area contributed by atoms with Gasteiger partial charge >= 0.3 is 12.2 Å². The average Bonchev–Trinajstić information content (AvgIpc) is 2.90. The van der Waals surface area contributed by atoms with Gasteiger partial charge in [0.1, 0.15) is 11.5 Å². The predicted octanol–water partition coefficient (Wildman–Crippen LogP) is 9.05. The van der Waals surface area contributed by atoms with E-state index in [9.17, 15) is 22.8 Å². The van der Waals surface area contributed by atoms with Gasteiger partial charge in [0.05, 0.1) is 16.1 Å². The lowest BCUT2D eigenvalue weighted by Gasteiger charge is -2.18. The third-order valence-electron chi connectivity index (χ3n) is 5.84. The van der Waals surface area contributed by atoms with Gasteiger partial charge in [-0.05, 0) is 66.9 Å². The first-order valence-corrected chi connectivity index (χ1v) is 12.3. The van der Waals surface area contributed by atoms with Crippen molar-refractivity contribution in [2.24, 2.45) is 0 Å². The first-order chi connectivity index (χ1) is 18.5. The Labute approximate surface area is 232 Å². The zero-order valence-electron chi connectivity index (χ0n) is 20.6. The molecule has 0 aliphatic heterocycles. The van der Waals surface area contributed by atoms with Crippen molar-refractivity contribution < 1.29 is 27.5 Å². The fourth-order valence-corrected chi connectivity index (χ4v) is 4.37. The molecule has 4 aromatic carbocycles. The van der Waals surface area contributed by atoms with Gasteiger partial charge in [0.15, 0.2) is 0 Å². The van der Waals surface area contributed by atoms with Gasteiger partial charge < -0.3 is 10.1 Å². The maximum absolute atomic E-state index is 13.3. The van der Waals surface area contributed by atoms with Crippen molar-refractivity contribution in [1.29, 1.82) is 0 Å². The Morgan fingerprint density at radius 2 is 1.54 bits per heavy atom. The van der Waals surface area contributed by atoms with Crippen molar-refractivity contribution in [3.8, 4) is 22.6 Å². The van der Waals surface area contributed by atoms with Crippen LogP contribution in [0, 0.1) is 13.8 Å². The SMILES string of the molecule is Cc1cc(NC(=O)NC(=O)c2ccccc2C(F)(F)F)c(C)c(Cl)c1Oc1ccc(Cl)cc1-c1ccccc1. The number of imide groups is 1. The van der Waals surface area contributed by atoms with Crippen molar-refractivity contribution in [3.05, 3.63) is 111 Å². The maximum atomic E-state index is 13.3. The van der Waals surface area contributed by atoms with E-state index in [0.717, 1.165) is 29.3 Å². The van der Waals surface area contributed by atoms with Crippen LogP contribution in [0.5, 0.6) is 11.5 Å². The number of carbonyl (C=O) groups excluding carboxylic acids is 2. The Morgan fingerprint density at radius 3 is 2.23 bits per heavy atom. The number of anilines is 1. The zero-order chi connectivity index (χ0) is 28.3. The lowest BCUT2D eigenvalue weighted by Crippen LogP contribution is -2.35. The molecule has 0 radical (unpaired) electrons. The summed E-state index contributed by atoms with van der Waals surface area (Å²) in [5.74, 6) is -0.353. The Balaban J connectivity index is 1.57. The van der Waals surface area contributed by atoms with Gasteiger partial charge in [-0.25, -0.2) is 4.79 Å². The number of ether oxygens (including phenoxy) is 1. The number of amides is 3. The van der Waals surface area contributed by atoms with Crippen LogP contribution in [0.1, 0.15) is 27.0 Å². The van der Waals surface area contributed by atoms with Gasteiger partial charge in [-0.1, -0.05) is 65.7 Å². The second-order valence-corrected chi connectivity index (χ2v) is 9.38. The fourth-order valence-electron chi connectivity index (χ4n) is 3.90. The summed E-state index contributed by atoms with van der Waals surface area (Å²) in [5.41, 5.74) is 1.03. The smallest absolute Gasteiger partial charge is 0.417 e. The molecule has 0 bridgehead atoms. The van der Waals surface area contributed by atoms with Gasteiger partial charge in [0.25, 0.3) is 5.91 Å². The number of aryl methyl sites for hydroxylation is 1. The van der Waals surface area contributed by atoms with Crippen LogP contribution in [-0.2, 0) is 6.18 Å². The number of nitrogens with one attached hydrogen (secondary N) is 2. The molecular weight excluding hydrogens is 552 g/mol. The Kier molecular flexibility index (Phi) is 8.18. The predicted molar refractivity (Wildman–Crippen MR) is 146 cm³/mol. The Morgan fingerprint density at radius 1 is 0.872 bits per heavy atom. The van der Waals surface area contributed by atoms with Crippen LogP contribution in [0.2, 0.25) is 10.0 Å². The highest BCUT2D eigenvalue weighted by molar-refractivity contribution is 6.33. The van der Waals surface area contributed by atoms with Gasteiger partial charge in [0.2, 0.25) is 0 Å². The lowest BCUT2D eigenvalue weighted by molar-refractivity contribution is -0.137. The van der Waals surface area contributed by atoms with Crippen LogP contribution in [0.4, 0.5) is 23.7 Å². The molecule has 0 atom stereocenters. The summed E-state index contributed by atoms with van der Waals surface area (Å²) < 4.78 is 46.0. The van der Waals surface area contributed by atoms with Crippen molar-refractivity contribution in [2.75, 3.05) is 5.32 Å². The molecule has 0 fully saturated rings. The molecule has 0 aliphatic rings. The second kappa shape index (κ2) is 11.4. The van der Waals surface area contributed by atoms with Gasteiger partial charge in [-0.3, -0.25) is 10.1 Å². The van der Waals surface area contributed by atoms with E-state index in [2.05, 4.69) is 5.32 Å². The molecule has 0 heterocycles. The topological polar surface area (TPSA) is 67.4 Å². The minimum absolute atomic E-state index is 0.202. The number of carbonyl (C=O) groups is 2. The molecule has 200 valence electrons. The van der Waals surface area contributed by atoms with E-state index >= 15 is 0 Å². The number of urea groups is 1. The van der Waals surface area contributed by atoms with Crippen LogP contribution in [0.3, 0.4) is 0 Å². The summed E-state index contributed by atoms with van der Waals surface area (Å²) in [6.07, 6.45) is -4.76. The summed E-state index contributed by atoms with van der Waals surface area (Å²) >= 11 is 12.8. The monoisotopic (exact) mass is 572 g/mol. The minimum atomic E-state index is -4.76. The summed E-state index contributed by atoms with van der Waals surface area (Å²) in [6.45, 7) is 3.34. The number of halogens is 5. The van der Waals surface area contributed by atoms with Crippen molar-refractivity contribution in [3.63, 3.8) is 0 Å². The van der Waals surface area contributed by atoms with Crippen molar-refractivity contribution in [2.45, 2.75) is 20.0 Å². The summed E-state index contributed by atoms with van der Waals surface area (Å²) in [6, 6.07) is 19.4. The van der Waals surface area contributed by atoms with E-state index in [0.29, 0.717) is 27.6 Å². The number of benzene rings is 4. The molecular formula is C29H21Cl2F3N2O3. The Bertz CT molecular complexity index is 1560. The van der Waals surface area contributed by atoms with Crippen LogP contribution in [0.15, 0.2) is 78.9 Å². The van der Waals surface area contributed by atoms with E-state index in [1.165, 1.54) is 6.07 Å². The summed E-state index contributed by atoms with van der Waals surface area (Å²) in [4.78, 5) is 25.0. The lowest BCUT2D eigenvalue weighted by atomic mass is 10.0. The van der Waals surface area contributed by atoms with E-state index in [1.54, 1.807) is 38.1 Å². The molecule has 4 rings (SSSR count). The normalized spacial score (nSPS) is 11.2. The number of rotatable bonds is 5. The molecule has 0 saturated heterocycles. The standard InChI is InChI=1S/C29H21Cl2F3N2O3/c1-16-14-23(35-28(38)36-27(37)20-10-6-7-11-22(20)29(32,33)34)17(2)25(31)26(16)39-24-13-12-19(30)15-21(24)18-8-4-3-5-9-18/h3-15H,1-2H3,(H2,35,36,37,38). The van der Waals surface area contributed by atoms with Crippen LogP contribution < -0.4 is 15.4 Å². The molecule has 0 spiro atoms. The second-order valence-electron chi connectivity index (χ2n) is 8.57. The molecule has 3 amide bonds. The van der Waals surface area contributed by atoms with Gasteiger partial charge in [-0.2, -0.15) is 13.2 Å². The van der Waals surface area contributed by atoms with Crippen LogP contribution >= 0.6 is 23.2 Å². The molecule has 0 unspecified atom stereocenters. The molecule has 2 N–H and O–H groups in total. The minimum Gasteiger partial charge on any atom is -0.455 e. The fraction of sp³-hybridized carbons (Fsp3) is 0.103. The van der Waals surface area contributed by atoms with E-state index in [4.69, 9.17) is 27.9 Å². The molecule has 39 heavy (non-hydrogen) atoms. The van der Waals surface area contributed by atoms with Gasteiger partial charge in [0, 0.05) is 16.3 Å². The molecule has 5 nitrogen and oxygen atoms in total. The number of alkyl halides is 3. The third-order valence-corrected chi connectivity index (χ3v) is 6.53. The average molecular weight is 573 g/mol. The largest absolute Gasteiger partial charge is 0.455 e. The molecule has 0 aromatic heterocycles. The molecule has 4 aromatic rings. The highest BCUT2D eigenvalue weighted by Gasteiger charge is 2.35. The first-order valence-electron chi connectivity index (χ1n) is 11.6. The maximum Gasteiger partial charge on any atom is 0.417 e. The molecule has 0 saturated carbocycles.